The lowest BCUT2D eigenvalue weighted by atomic mass is 10.2. The number of hydrogen-bond donors (Lipinski definition) is 1. The van der Waals surface area contributed by atoms with Crippen molar-refractivity contribution >= 4 is 28.4 Å². The molecule has 0 aliphatic carbocycles. The van der Waals surface area contributed by atoms with Crippen molar-refractivity contribution < 1.29 is 9.53 Å². The van der Waals surface area contributed by atoms with E-state index in [1.807, 2.05) is 6.07 Å². The number of pyridine rings is 1. The van der Waals surface area contributed by atoms with Crippen LogP contribution in [0.1, 0.15) is 10.5 Å². The van der Waals surface area contributed by atoms with Crippen LogP contribution in [0.4, 0.5) is 0 Å². The Balaban J connectivity index is 2.65. The van der Waals surface area contributed by atoms with Gasteiger partial charge >= 0.3 is 0 Å². The summed E-state index contributed by atoms with van der Waals surface area (Å²) in [6.45, 7) is 0. The molecule has 0 saturated carbocycles. The van der Waals surface area contributed by atoms with Crippen LogP contribution in [0.3, 0.4) is 0 Å². The zero-order chi connectivity index (χ0) is 12.4. The average molecular weight is 251 g/mol. The average Bonchev–Trinajstić information content (AvgIpc) is 2.36. The summed E-state index contributed by atoms with van der Waals surface area (Å²) < 4.78 is 5.11. The van der Waals surface area contributed by atoms with Gasteiger partial charge in [-0.3, -0.25) is 4.79 Å². The van der Waals surface area contributed by atoms with Crippen LogP contribution in [0.25, 0.3) is 10.9 Å². The maximum atomic E-state index is 11.5. The molecule has 2 aromatic rings. The molecule has 0 fully saturated rings. The Morgan fingerprint density at radius 2 is 2.18 bits per heavy atom. The second-order valence-corrected chi connectivity index (χ2v) is 3.86. The van der Waals surface area contributed by atoms with E-state index >= 15 is 0 Å². The summed E-state index contributed by atoms with van der Waals surface area (Å²) in [7, 11) is 3.12. The number of ether oxygens (including phenoxy) is 1. The smallest absolute Gasteiger partial charge is 0.269 e. The molecule has 0 bridgehead atoms. The molecular formula is C12H11ClN2O2. The first-order valence-corrected chi connectivity index (χ1v) is 5.40. The predicted molar refractivity (Wildman–Crippen MR) is 66.7 cm³/mol. The van der Waals surface area contributed by atoms with Crippen molar-refractivity contribution in [1.82, 2.24) is 10.3 Å². The number of halogens is 1. The van der Waals surface area contributed by atoms with Crippen molar-refractivity contribution in [2.24, 2.45) is 0 Å². The van der Waals surface area contributed by atoms with Crippen LogP contribution in [0.2, 0.25) is 5.02 Å². The third kappa shape index (κ3) is 2.17. The summed E-state index contributed by atoms with van der Waals surface area (Å²) in [5.74, 6) is 0.409. The van der Waals surface area contributed by atoms with Gasteiger partial charge in [0, 0.05) is 18.5 Å². The molecule has 0 aliphatic heterocycles. The quantitative estimate of drug-likeness (QED) is 0.890. The molecule has 1 aromatic heterocycles. The molecule has 1 amide bonds. The third-order valence-corrected chi connectivity index (χ3v) is 2.74. The number of methoxy groups -OCH3 is 1. The van der Waals surface area contributed by atoms with Crippen molar-refractivity contribution in [3.05, 3.63) is 35.0 Å². The number of fused-ring (bicyclic) bond motifs is 1. The van der Waals surface area contributed by atoms with Gasteiger partial charge in [0.2, 0.25) is 0 Å². The standard InChI is InChI=1S/C12H11ClN2O2/c1-14-12(16)11-6-9(13)8-4-3-7(17-2)5-10(8)15-11/h3-6H,1-2H3,(H,14,16). The van der Waals surface area contributed by atoms with E-state index in [2.05, 4.69) is 10.3 Å². The minimum atomic E-state index is -0.267. The van der Waals surface area contributed by atoms with E-state index in [9.17, 15) is 4.79 Å². The minimum Gasteiger partial charge on any atom is -0.497 e. The fourth-order valence-corrected chi connectivity index (χ4v) is 1.80. The van der Waals surface area contributed by atoms with Gasteiger partial charge in [-0.1, -0.05) is 11.6 Å². The Bertz CT molecular complexity index is 584. The highest BCUT2D eigenvalue weighted by atomic mass is 35.5. The third-order valence-electron chi connectivity index (χ3n) is 2.43. The Hall–Kier alpha value is -1.81. The molecule has 1 aromatic carbocycles. The molecule has 1 N–H and O–H groups in total. The number of nitrogens with zero attached hydrogens (tertiary/aromatic N) is 1. The van der Waals surface area contributed by atoms with Crippen molar-refractivity contribution in [1.29, 1.82) is 0 Å². The van der Waals surface area contributed by atoms with Crippen molar-refractivity contribution in [3.8, 4) is 5.75 Å². The SMILES string of the molecule is CNC(=O)c1cc(Cl)c2ccc(OC)cc2n1. The molecule has 17 heavy (non-hydrogen) atoms. The maximum absolute atomic E-state index is 11.5. The zero-order valence-electron chi connectivity index (χ0n) is 9.45. The summed E-state index contributed by atoms with van der Waals surface area (Å²) in [5.41, 5.74) is 0.925. The fourth-order valence-electron chi connectivity index (χ4n) is 1.54. The molecule has 0 atom stereocenters. The van der Waals surface area contributed by atoms with Gasteiger partial charge in [-0.15, -0.1) is 0 Å². The van der Waals surface area contributed by atoms with Crippen LogP contribution >= 0.6 is 11.6 Å². The zero-order valence-corrected chi connectivity index (χ0v) is 10.2. The molecule has 0 spiro atoms. The Morgan fingerprint density at radius 3 is 2.82 bits per heavy atom. The normalized spacial score (nSPS) is 10.3. The number of aromatic nitrogens is 1. The molecule has 2 rings (SSSR count). The summed E-state index contributed by atoms with van der Waals surface area (Å²) in [5, 5.41) is 3.80. The summed E-state index contributed by atoms with van der Waals surface area (Å²) in [4.78, 5) is 15.7. The Morgan fingerprint density at radius 1 is 1.41 bits per heavy atom. The van der Waals surface area contributed by atoms with Crippen LogP contribution in [-0.2, 0) is 0 Å². The minimum absolute atomic E-state index is 0.267. The summed E-state index contributed by atoms with van der Waals surface area (Å²) in [6, 6.07) is 6.91. The summed E-state index contributed by atoms with van der Waals surface area (Å²) in [6.07, 6.45) is 0. The van der Waals surface area contributed by atoms with Crippen LogP contribution in [-0.4, -0.2) is 25.0 Å². The highest BCUT2D eigenvalue weighted by molar-refractivity contribution is 6.35. The molecule has 0 saturated heterocycles. The number of rotatable bonds is 2. The molecular weight excluding hydrogens is 240 g/mol. The van der Waals surface area contributed by atoms with E-state index < -0.39 is 0 Å². The van der Waals surface area contributed by atoms with E-state index in [0.717, 1.165) is 5.39 Å². The molecule has 0 radical (unpaired) electrons. The first kappa shape index (κ1) is 11.7. The van der Waals surface area contributed by atoms with Gasteiger partial charge in [-0.05, 0) is 18.2 Å². The number of carbonyl (C=O) groups excluding carboxylic acids is 1. The van der Waals surface area contributed by atoms with E-state index in [4.69, 9.17) is 16.3 Å². The monoisotopic (exact) mass is 250 g/mol. The van der Waals surface area contributed by atoms with Crippen LogP contribution in [0.5, 0.6) is 5.75 Å². The first-order valence-electron chi connectivity index (χ1n) is 5.02. The van der Waals surface area contributed by atoms with E-state index in [1.165, 1.54) is 0 Å². The predicted octanol–water partition coefficient (Wildman–Crippen LogP) is 2.26. The van der Waals surface area contributed by atoms with E-state index in [1.54, 1.807) is 32.4 Å². The second-order valence-electron chi connectivity index (χ2n) is 3.45. The highest BCUT2D eigenvalue weighted by Crippen LogP contribution is 2.26. The van der Waals surface area contributed by atoms with Crippen LogP contribution in [0, 0.1) is 0 Å². The maximum Gasteiger partial charge on any atom is 0.269 e. The lowest BCUT2D eigenvalue weighted by Crippen LogP contribution is -2.19. The van der Waals surface area contributed by atoms with Crippen molar-refractivity contribution in [2.45, 2.75) is 0 Å². The van der Waals surface area contributed by atoms with Gasteiger partial charge in [0.25, 0.3) is 5.91 Å². The van der Waals surface area contributed by atoms with Gasteiger partial charge in [0.05, 0.1) is 17.6 Å². The molecule has 88 valence electrons. The van der Waals surface area contributed by atoms with Gasteiger partial charge in [-0.25, -0.2) is 4.98 Å². The van der Waals surface area contributed by atoms with Gasteiger partial charge < -0.3 is 10.1 Å². The van der Waals surface area contributed by atoms with Crippen LogP contribution < -0.4 is 10.1 Å². The van der Waals surface area contributed by atoms with Crippen molar-refractivity contribution in [3.63, 3.8) is 0 Å². The number of nitrogens with one attached hydrogen (secondary N) is 1. The van der Waals surface area contributed by atoms with Gasteiger partial charge in [-0.2, -0.15) is 0 Å². The molecule has 0 unspecified atom stereocenters. The first-order chi connectivity index (χ1) is 8.15. The number of hydrogen-bond acceptors (Lipinski definition) is 3. The van der Waals surface area contributed by atoms with Crippen molar-refractivity contribution in [2.75, 3.05) is 14.2 Å². The van der Waals surface area contributed by atoms with Gasteiger partial charge in [0.15, 0.2) is 0 Å². The lowest BCUT2D eigenvalue weighted by molar-refractivity contribution is 0.0958. The second kappa shape index (κ2) is 4.59. The van der Waals surface area contributed by atoms with E-state index in [0.29, 0.717) is 22.0 Å². The highest BCUT2D eigenvalue weighted by Gasteiger charge is 2.10. The Kier molecular flexibility index (Phi) is 3.15. The van der Waals surface area contributed by atoms with Crippen LogP contribution in [0.15, 0.2) is 24.3 Å². The molecule has 1 heterocycles. The topological polar surface area (TPSA) is 51.2 Å². The fraction of sp³-hybridized carbons (Fsp3) is 0.167. The van der Waals surface area contributed by atoms with Gasteiger partial charge in [0.1, 0.15) is 11.4 Å². The molecule has 4 nitrogen and oxygen atoms in total. The number of benzene rings is 1. The van der Waals surface area contributed by atoms with E-state index in [-0.39, 0.29) is 5.91 Å². The lowest BCUT2D eigenvalue weighted by Gasteiger charge is -2.06. The summed E-state index contributed by atoms with van der Waals surface area (Å²) >= 11 is 6.10. The Labute approximate surface area is 104 Å². The molecule has 0 aliphatic rings. The molecule has 5 heteroatoms. The number of amides is 1. The largest absolute Gasteiger partial charge is 0.497 e. The number of carbonyl (C=O) groups is 1.